The molecule has 32 heavy (non-hydrogen) atoms. The van der Waals surface area contributed by atoms with Crippen LogP contribution >= 0.6 is 0 Å². The molecule has 5 rings (SSSR count). The third-order valence-electron chi connectivity index (χ3n) is 6.56. The monoisotopic (exact) mass is 432 g/mol. The molecule has 0 atom stereocenters. The first-order valence-electron chi connectivity index (χ1n) is 11.2. The van der Waals surface area contributed by atoms with Crippen molar-refractivity contribution in [2.24, 2.45) is 0 Å². The van der Waals surface area contributed by atoms with Crippen molar-refractivity contribution in [3.8, 4) is 17.2 Å². The average Bonchev–Trinajstić information content (AvgIpc) is 3.48. The van der Waals surface area contributed by atoms with Crippen molar-refractivity contribution in [2.45, 2.75) is 32.7 Å². The summed E-state index contributed by atoms with van der Waals surface area (Å²) in [6.45, 7) is 6.52. The molecule has 2 aromatic carbocycles. The van der Waals surface area contributed by atoms with E-state index in [4.69, 9.17) is 9.47 Å². The van der Waals surface area contributed by atoms with Gasteiger partial charge >= 0.3 is 0 Å². The zero-order valence-electron chi connectivity index (χ0n) is 18.6. The smallest absolute Gasteiger partial charge is 0.231 e. The van der Waals surface area contributed by atoms with Crippen LogP contribution < -0.4 is 9.47 Å². The van der Waals surface area contributed by atoms with Gasteiger partial charge in [-0.3, -0.25) is 4.79 Å². The highest BCUT2D eigenvalue weighted by atomic mass is 16.5. The van der Waals surface area contributed by atoms with Crippen molar-refractivity contribution in [3.05, 3.63) is 59.0 Å². The molecule has 1 N–H and O–H groups in total. The molecule has 6 heteroatoms. The number of aromatic nitrogens is 1. The number of rotatable bonds is 6. The summed E-state index contributed by atoms with van der Waals surface area (Å²) in [6, 6.07) is 10.7. The molecule has 2 aliphatic rings. The fourth-order valence-corrected chi connectivity index (χ4v) is 4.85. The number of fused-ring (bicyclic) bond motifs is 2. The zero-order chi connectivity index (χ0) is 22.2. The lowest BCUT2D eigenvalue weighted by Crippen LogP contribution is -2.21. The van der Waals surface area contributed by atoms with Crippen LogP contribution in [0.4, 0.5) is 0 Å². The van der Waals surface area contributed by atoms with E-state index in [9.17, 15) is 9.90 Å². The van der Waals surface area contributed by atoms with Crippen LogP contribution in [0.5, 0.6) is 17.2 Å². The van der Waals surface area contributed by atoms with Gasteiger partial charge in [0.2, 0.25) is 5.78 Å². The van der Waals surface area contributed by atoms with E-state index in [2.05, 4.69) is 22.5 Å². The number of ether oxygens (including phenoxy) is 2. The lowest BCUT2D eigenvalue weighted by molar-refractivity contribution is 0.101. The number of aromatic hydroxyl groups is 1. The van der Waals surface area contributed by atoms with Gasteiger partial charge in [-0.05, 0) is 82.2 Å². The number of hydrogen-bond acceptors (Lipinski definition) is 5. The van der Waals surface area contributed by atoms with Gasteiger partial charge < -0.3 is 24.0 Å². The normalized spacial score (nSPS) is 17.3. The van der Waals surface area contributed by atoms with Gasteiger partial charge in [-0.1, -0.05) is 0 Å². The maximum absolute atomic E-state index is 12.9. The Morgan fingerprint density at radius 2 is 1.94 bits per heavy atom. The van der Waals surface area contributed by atoms with Gasteiger partial charge in [-0.2, -0.15) is 0 Å². The summed E-state index contributed by atoms with van der Waals surface area (Å²) < 4.78 is 13.6. The fraction of sp³-hybridized carbons (Fsp3) is 0.346. The molecular formula is C26H28N2O4. The Morgan fingerprint density at radius 3 is 2.72 bits per heavy atom. The molecule has 166 valence electrons. The van der Waals surface area contributed by atoms with E-state index in [0.717, 1.165) is 47.4 Å². The van der Waals surface area contributed by atoms with Gasteiger partial charge in [-0.25, -0.2) is 0 Å². The molecule has 3 aromatic rings. The van der Waals surface area contributed by atoms with E-state index < -0.39 is 0 Å². The minimum Gasteiger partial charge on any atom is -0.508 e. The number of nitrogens with zero attached hydrogens (tertiary/aromatic N) is 2. The van der Waals surface area contributed by atoms with Gasteiger partial charge in [0, 0.05) is 34.8 Å². The second-order valence-electron chi connectivity index (χ2n) is 8.56. The molecule has 0 spiro atoms. The maximum Gasteiger partial charge on any atom is 0.231 e. The van der Waals surface area contributed by atoms with Crippen molar-refractivity contribution < 1.29 is 19.4 Å². The van der Waals surface area contributed by atoms with E-state index in [1.54, 1.807) is 13.2 Å². The van der Waals surface area contributed by atoms with E-state index in [-0.39, 0.29) is 17.3 Å². The Kier molecular flexibility index (Phi) is 5.39. The maximum atomic E-state index is 12.9. The summed E-state index contributed by atoms with van der Waals surface area (Å²) in [5, 5.41) is 10.8. The third-order valence-corrected chi connectivity index (χ3v) is 6.56. The van der Waals surface area contributed by atoms with Gasteiger partial charge in [0.05, 0.1) is 12.7 Å². The highest BCUT2D eigenvalue weighted by molar-refractivity contribution is 6.15. The molecule has 0 bridgehead atoms. The average molecular weight is 433 g/mol. The molecule has 0 radical (unpaired) electrons. The second kappa shape index (κ2) is 8.36. The number of ketones is 1. The van der Waals surface area contributed by atoms with Crippen LogP contribution in [0.2, 0.25) is 0 Å². The standard InChI is InChI=1S/C26H28N2O4/c1-17-21(16-25-26(30)20-8-6-18(29)14-24(20)32-25)22-15-19(31-2)7-9-23(22)28(17)13-5-12-27-10-3-4-11-27/h6-9,14-16,29H,3-5,10-13H2,1-2H3/b25-16-. The Morgan fingerprint density at radius 1 is 1.12 bits per heavy atom. The van der Waals surface area contributed by atoms with Crippen LogP contribution in [0, 0.1) is 6.92 Å². The SMILES string of the molecule is COc1ccc2c(c1)c(/C=C1\Oc3cc(O)ccc3C1=O)c(C)n2CCCN1CCCC1. The van der Waals surface area contributed by atoms with Crippen molar-refractivity contribution in [2.75, 3.05) is 26.7 Å². The number of carbonyl (C=O) groups excluding carboxylic acids is 1. The van der Waals surface area contributed by atoms with Crippen LogP contribution in [0.3, 0.4) is 0 Å². The number of phenols is 1. The fourth-order valence-electron chi connectivity index (χ4n) is 4.85. The first-order valence-corrected chi connectivity index (χ1v) is 11.2. The Labute approximate surface area is 187 Å². The molecule has 0 amide bonds. The molecule has 2 aliphatic heterocycles. The molecule has 0 saturated carbocycles. The van der Waals surface area contributed by atoms with E-state index in [1.807, 2.05) is 18.2 Å². The first-order chi connectivity index (χ1) is 15.5. The number of hydrogen-bond donors (Lipinski definition) is 1. The topological polar surface area (TPSA) is 63.9 Å². The molecule has 3 heterocycles. The highest BCUT2D eigenvalue weighted by Crippen LogP contribution is 2.37. The van der Waals surface area contributed by atoms with Crippen molar-refractivity contribution >= 4 is 22.8 Å². The summed E-state index contributed by atoms with van der Waals surface area (Å²) in [7, 11) is 1.66. The van der Waals surface area contributed by atoms with Crippen LogP contribution in [0.1, 0.15) is 40.9 Å². The predicted octanol–water partition coefficient (Wildman–Crippen LogP) is 4.77. The van der Waals surface area contributed by atoms with Crippen LogP contribution in [-0.2, 0) is 6.54 Å². The summed E-state index contributed by atoms with van der Waals surface area (Å²) in [5.41, 5.74) is 3.65. The molecule has 1 fully saturated rings. The predicted molar refractivity (Wildman–Crippen MR) is 125 cm³/mol. The second-order valence-corrected chi connectivity index (χ2v) is 8.56. The number of allylic oxidation sites excluding steroid dienone is 1. The van der Waals surface area contributed by atoms with E-state index >= 15 is 0 Å². The number of phenolic OH excluding ortho intramolecular Hbond substituents is 1. The Hall–Kier alpha value is -3.25. The lowest BCUT2D eigenvalue weighted by Gasteiger charge is -2.15. The minimum absolute atomic E-state index is 0.0771. The summed E-state index contributed by atoms with van der Waals surface area (Å²) >= 11 is 0. The third kappa shape index (κ3) is 3.65. The van der Waals surface area contributed by atoms with Crippen molar-refractivity contribution in [3.63, 3.8) is 0 Å². The van der Waals surface area contributed by atoms with Crippen LogP contribution in [0.15, 0.2) is 42.2 Å². The lowest BCUT2D eigenvalue weighted by atomic mass is 10.1. The van der Waals surface area contributed by atoms with E-state index in [1.165, 1.54) is 38.1 Å². The molecular weight excluding hydrogens is 404 g/mol. The van der Waals surface area contributed by atoms with Gasteiger partial charge in [0.1, 0.15) is 17.2 Å². The quantitative estimate of drug-likeness (QED) is 0.569. The number of carbonyl (C=O) groups is 1. The molecule has 0 aliphatic carbocycles. The number of aryl methyl sites for hydroxylation is 1. The van der Waals surface area contributed by atoms with Crippen LogP contribution in [0.25, 0.3) is 17.0 Å². The van der Waals surface area contributed by atoms with Crippen molar-refractivity contribution in [1.29, 1.82) is 0 Å². The van der Waals surface area contributed by atoms with Gasteiger partial charge in [0.25, 0.3) is 0 Å². The number of Topliss-reactive ketones (excluding diaryl/α,β-unsaturated/α-hetero) is 1. The highest BCUT2D eigenvalue weighted by Gasteiger charge is 2.28. The van der Waals surface area contributed by atoms with Crippen molar-refractivity contribution in [1.82, 2.24) is 9.47 Å². The van der Waals surface area contributed by atoms with Gasteiger partial charge in [-0.15, -0.1) is 0 Å². The summed E-state index contributed by atoms with van der Waals surface area (Å²) in [6.07, 6.45) is 5.51. The largest absolute Gasteiger partial charge is 0.508 e. The summed E-state index contributed by atoms with van der Waals surface area (Å²) in [4.78, 5) is 15.4. The molecule has 1 aromatic heterocycles. The minimum atomic E-state index is -0.169. The first kappa shape index (κ1) is 20.6. The Balaban J connectivity index is 1.51. The number of benzene rings is 2. The Bertz CT molecular complexity index is 1220. The zero-order valence-corrected chi connectivity index (χ0v) is 18.6. The van der Waals surface area contributed by atoms with E-state index in [0.29, 0.717) is 11.3 Å². The summed E-state index contributed by atoms with van der Waals surface area (Å²) in [5.74, 6) is 1.35. The molecule has 0 unspecified atom stereocenters. The molecule has 1 saturated heterocycles. The number of likely N-dealkylation sites (tertiary alicyclic amines) is 1. The molecule has 6 nitrogen and oxygen atoms in total. The van der Waals surface area contributed by atoms with Gasteiger partial charge in [0.15, 0.2) is 5.76 Å². The number of methoxy groups -OCH3 is 1. The van der Waals surface area contributed by atoms with Crippen LogP contribution in [-0.4, -0.2) is 47.1 Å².